The van der Waals surface area contributed by atoms with E-state index in [0.717, 1.165) is 29.8 Å². The minimum atomic E-state index is -0.469. The summed E-state index contributed by atoms with van der Waals surface area (Å²) >= 11 is 5.93. The van der Waals surface area contributed by atoms with Crippen molar-refractivity contribution in [3.63, 3.8) is 0 Å². The Morgan fingerprint density at radius 2 is 2.19 bits per heavy atom. The minimum Gasteiger partial charge on any atom is -0.382 e. The summed E-state index contributed by atoms with van der Waals surface area (Å²) in [6.45, 7) is 1.99. The largest absolute Gasteiger partial charge is 0.382 e. The van der Waals surface area contributed by atoms with Gasteiger partial charge in [0, 0.05) is 24.1 Å². The van der Waals surface area contributed by atoms with Crippen LogP contribution in [0, 0.1) is 18.3 Å². The van der Waals surface area contributed by atoms with Crippen molar-refractivity contribution in [2.24, 2.45) is 0 Å². The molecule has 0 aliphatic heterocycles. The van der Waals surface area contributed by atoms with Crippen LogP contribution in [0.25, 0.3) is 0 Å². The van der Waals surface area contributed by atoms with Gasteiger partial charge in [-0.2, -0.15) is 5.26 Å². The van der Waals surface area contributed by atoms with Gasteiger partial charge in [-0.25, -0.2) is 4.98 Å². The summed E-state index contributed by atoms with van der Waals surface area (Å²) in [6, 6.07) is 10.2. The molecule has 2 aromatic heterocycles. The second kappa shape index (κ2) is 5.34. The van der Waals surface area contributed by atoms with Crippen LogP contribution in [0.4, 0.5) is 5.69 Å². The Morgan fingerprint density at radius 1 is 1.38 bits per heavy atom. The van der Waals surface area contributed by atoms with Crippen LogP contribution in [0.2, 0.25) is 5.15 Å². The summed E-state index contributed by atoms with van der Waals surface area (Å²) in [6.07, 6.45) is 4.99. The van der Waals surface area contributed by atoms with Crippen molar-refractivity contribution < 1.29 is 0 Å². The maximum atomic E-state index is 9.52. The SMILES string of the molecule is Cc1cnc(Cl)cc1NC1CC(C#N)(c2ccccn2)C1. The molecule has 5 heteroatoms. The number of nitriles is 1. The molecular weight excluding hydrogens is 284 g/mol. The molecule has 1 aliphatic rings. The van der Waals surface area contributed by atoms with E-state index >= 15 is 0 Å². The zero-order valence-electron chi connectivity index (χ0n) is 11.7. The van der Waals surface area contributed by atoms with E-state index in [0.29, 0.717) is 5.15 Å². The molecule has 21 heavy (non-hydrogen) atoms. The Balaban J connectivity index is 1.73. The first-order chi connectivity index (χ1) is 10.1. The van der Waals surface area contributed by atoms with Crippen LogP contribution < -0.4 is 5.32 Å². The highest BCUT2D eigenvalue weighted by atomic mass is 35.5. The molecule has 0 spiro atoms. The Kier molecular flexibility index (Phi) is 3.52. The van der Waals surface area contributed by atoms with E-state index in [9.17, 15) is 5.26 Å². The average Bonchev–Trinajstić information content (AvgIpc) is 2.47. The lowest BCUT2D eigenvalue weighted by Crippen LogP contribution is -2.48. The minimum absolute atomic E-state index is 0.254. The van der Waals surface area contributed by atoms with Gasteiger partial charge in [0.15, 0.2) is 0 Å². The fourth-order valence-corrected chi connectivity index (χ4v) is 2.92. The number of aryl methyl sites for hydroxylation is 1. The molecule has 0 radical (unpaired) electrons. The van der Waals surface area contributed by atoms with Gasteiger partial charge in [-0.05, 0) is 43.5 Å². The van der Waals surface area contributed by atoms with Gasteiger partial charge in [-0.15, -0.1) is 0 Å². The number of hydrogen-bond acceptors (Lipinski definition) is 4. The number of halogens is 1. The molecule has 2 heterocycles. The summed E-state index contributed by atoms with van der Waals surface area (Å²) in [5, 5.41) is 13.4. The Bertz CT molecular complexity index is 687. The summed E-state index contributed by atoms with van der Waals surface area (Å²) in [5.41, 5.74) is 2.42. The topological polar surface area (TPSA) is 61.6 Å². The van der Waals surface area contributed by atoms with E-state index < -0.39 is 5.41 Å². The van der Waals surface area contributed by atoms with Gasteiger partial charge in [-0.3, -0.25) is 4.98 Å². The summed E-state index contributed by atoms with van der Waals surface area (Å²) in [7, 11) is 0. The molecule has 4 nitrogen and oxygen atoms in total. The zero-order chi connectivity index (χ0) is 14.9. The standard InChI is InChI=1S/C16H15ClN4/c1-11-9-20-15(17)6-13(11)21-12-7-16(8-12,10-18)14-4-2-3-5-19-14/h2-6,9,12H,7-8H2,1H3,(H,20,21). The van der Waals surface area contributed by atoms with E-state index in [4.69, 9.17) is 11.6 Å². The molecule has 0 bridgehead atoms. The summed E-state index contributed by atoms with van der Waals surface area (Å²) in [5.74, 6) is 0. The molecule has 2 aromatic rings. The second-order valence-corrected chi connectivity index (χ2v) is 5.87. The van der Waals surface area contributed by atoms with Crippen LogP contribution in [-0.2, 0) is 5.41 Å². The third kappa shape index (κ3) is 2.57. The van der Waals surface area contributed by atoms with Crippen molar-refractivity contribution in [3.05, 3.63) is 53.1 Å². The lowest BCUT2D eigenvalue weighted by molar-refractivity contribution is 0.282. The van der Waals surface area contributed by atoms with Crippen molar-refractivity contribution in [1.29, 1.82) is 5.26 Å². The van der Waals surface area contributed by atoms with Crippen molar-refractivity contribution >= 4 is 17.3 Å². The van der Waals surface area contributed by atoms with Gasteiger partial charge in [0.05, 0.1) is 11.8 Å². The number of pyridine rings is 2. The normalized spacial score (nSPS) is 24.0. The summed E-state index contributed by atoms with van der Waals surface area (Å²) in [4.78, 5) is 8.38. The van der Waals surface area contributed by atoms with E-state index in [-0.39, 0.29) is 6.04 Å². The van der Waals surface area contributed by atoms with Gasteiger partial charge >= 0.3 is 0 Å². The highest BCUT2D eigenvalue weighted by Crippen LogP contribution is 2.44. The van der Waals surface area contributed by atoms with E-state index in [1.54, 1.807) is 12.4 Å². The lowest BCUT2D eigenvalue weighted by Gasteiger charge is -2.43. The van der Waals surface area contributed by atoms with Gasteiger partial charge < -0.3 is 5.32 Å². The lowest BCUT2D eigenvalue weighted by atomic mass is 9.64. The fourth-order valence-electron chi connectivity index (χ4n) is 2.76. The highest BCUT2D eigenvalue weighted by molar-refractivity contribution is 6.29. The molecule has 0 atom stereocenters. The predicted molar refractivity (Wildman–Crippen MR) is 82.2 cm³/mol. The zero-order valence-corrected chi connectivity index (χ0v) is 12.4. The average molecular weight is 299 g/mol. The maximum Gasteiger partial charge on any atom is 0.131 e. The van der Waals surface area contributed by atoms with Crippen molar-refractivity contribution in [3.8, 4) is 6.07 Å². The van der Waals surface area contributed by atoms with E-state index in [1.165, 1.54) is 0 Å². The first kappa shape index (κ1) is 13.8. The molecule has 0 aromatic carbocycles. The molecule has 1 N–H and O–H groups in total. The molecule has 106 valence electrons. The Labute approximate surface area is 128 Å². The highest BCUT2D eigenvalue weighted by Gasteiger charge is 2.47. The monoisotopic (exact) mass is 298 g/mol. The predicted octanol–water partition coefficient (Wildman–Crippen LogP) is 3.47. The number of aromatic nitrogens is 2. The van der Waals surface area contributed by atoms with E-state index in [2.05, 4.69) is 21.4 Å². The van der Waals surface area contributed by atoms with Crippen LogP contribution in [-0.4, -0.2) is 16.0 Å². The molecule has 0 saturated heterocycles. The van der Waals surface area contributed by atoms with Gasteiger partial charge in [0.25, 0.3) is 0 Å². The smallest absolute Gasteiger partial charge is 0.131 e. The van der Waals surface area contributed by atoms with Crippen LogP contribution in [0.5, 0.6) is 0 Å². The van der Waals surface area contributed by atoms with Gasteiger partial charge in [0.1, 0.15) is 10.6 Å². The third-order valence-corrected chi connectivity index (χ3v) is 4.20. The third-order valence-electron chi connectivity index (χ3n) is 3.99. The quantitative estimate of drug-likeness (QED) is 0.881. The van der Waals surface area contributed by atoms with Crippen LogP contribution >= 0.6 is 11.6 Å². The molecule has 1 saturated carbocycles. The molecular formula is C16H15ClN4. The number of nitrogens with one attached hydrogen (secondary N) is 1. The van der Waals surface area contributed by atoms with Crippen molar-refractivity contribution in [2.75, 3.05) is 5.32 Å². The molecule has 0 amide bonds. The maximum absolute atomic E-state index is 9.52. The Morgan fingerprint density at radius 3 is 2.86 bits per heavy atom. The molecule has 0 unspecified atom stereocenters. The van der Waals surface area contributed by atoms with E-state index in [1.807, 2.05) is 31.2 Å². The first-order valence-corrected chi connectivity index (χ1v) is 7.22. The molecule has 1 fully saturated rings. The molecule has 3 rings (SSSR count). The van der Waals surface area contributed by atoms with Crippen molar-refractivity contribution in [1.82, 2.24) is 9.97 Å². The van der Waals surface area contributed by atoms with Gasteiger partial charge in [-0.1, -0.05) is 17.7 Å². The van der Waals surface area contributed by atoms with Crippen molar-refractivity contribution in [2.45, 2.75) is 31.2 Å². The van der Waals surface area contributed by atoms with Gasteiger partial charge in [0.2, 0.25) is 0 Å². The van der Waals surface area contributed by atoms with Crippen LogP contribution in [0.15, 0.2) is 36.7 Å². The summed E-state index contributed by atoms with van der Waals surface area (Å²) < 4.78 is 0. The molecule has 1 aliphatic carbocycles. The fraction of sp³-hybridized carbons (Fsp3) is 0.312. The number of anilines is 1. The van der Waals surface area contributed by atoms with Crippen LogP contribution in [0.1, 0.15) is 24.1 Å². The van der Waals surface area contributed by atoms with Crippen LogP contribution in [0.3, 0.4) is 0 Å². The number of hydrogen-bond donors (Lipinski definition) is 1. The number of nitrogens with zero attached hydrogens (tertiary/aromatic N) is 3. The Hall–Kier alpha value is -2.12. The number of rotatable bonds is 3. The second-order valence-electron chi connectivity index (χ2n) is 5.48. The first-order valence-electron chi connectivity index (χ1n) is 6.84.